The van der Waals surface area contributed by atoms with Crippen LogP contribution in [0.15, 0.2) is 0 Å². The van der Waals surface area contributed by atoms with Crippen molar-refractivity contribution in [3.05, 3.63) is 0 Å². The number of hydrogen-bond acceptors (Lipinski definition) is 2. The molecule has 0 saturated heterocycles. The first-order chi connectivity index (χ1) is 7.61. The largest absolute Gasteiger partial charge is 0.212 e. The smallest absolute Gasteiger partial charge is 0.211 e. The van der Waals surface area contributed by atoms with E-state index in [9.17, 15) is 8.42 Å². The van der Waals surface area contributed by atoms with Crippen LogP contribution in [0.5, 0.6) is 0 Å². The quantitative estimate of drug-likeness (QED) is 0.392. The first-order valence-electron chi connectivity index (χ1n) is 6.25. The summed E-state index contributed by atoms with van der Waals surface area (Å²) in [5.74, 6) is 0.284. The second-order valence-electron chi connectivity index (χ2n) is 5.69. The molecule has 0 spiro atoms. The highest BCUT2D eigenvalue weighted by Crippen LogP contribution is 2.16. The van der Waals surface area contributed by atoms with Crippen molar-refractivity contribution in [2.75, 3.05) is 5.75 Å². The predicted molar refractivity (Wildman–Crippen MR) is 87.3 cm³/mol. The van der Waals surface area contributed by atoms with Gasteiger partial charge in [0.2, 0.25) is 10.0 Å². The van der Waals surface area contributed by atoms with E-state index in [0.29, 0.717) is 3.92 Å². The van der Waals surface area contributed by atoms with Crippen molar-refractivity contribution in [2.24, 2.45) is 0 Å². The van der Waals surface area contributed by atoms with E-state index in [1.165, 1.54) is 0 Å². The van der Waals surface area contributed by atoms with E-state index in [1.807, 2.05) is 6.92 Å². The second kappa shape index (κ2) is 7.45. The third-order valence-electron chi connectivity index (χ3n) is 2.72. The van der Waals surface area contributed by atoms with Crippen molar-refractivity contribution >= 4 is 40.7 Å². The lowest BCUT2D eigenvalue weighted by Gasteiger charge is -2.22. The average Bonchev–Trinajstić information content (AvgIpc) is 2.21. The van der Waals surface area contributed by atoms with E-state index < -0.39 is 18.1 Å². The molecule has 6 heteroatoms. The molecule has 0 aliphatic rings. The molecule has 0 radical (unpaired) electrons. The topological polar surface area (TPSA) is 46.2 Å². The molecule has 2 atom stereocenters. The molecule has 0 bridgehead atoms. The molecule has 0 rings (SSSR count). The molecule has 104 valence electrons. The summed E-state index contributed by atoms with van der Waals surface area (Å²) in [6.45, 7) is 10.7. The SMILES string of the molecule is CC[C@@H](I)[C@@H](CC)NS(=O)(=O)CC[Si](C)(C)C. The average molecular weight is 391 g/mol. The maximum absolute atomic E-state index is 12.0. The van der Waals surface area contributed by atoms with E-state index in [1.54, 1.807) is 0 Å². The van der Waals surface area contributed by atoms with Gasteiger partial charge in [-0.05, 0) is 18.9 Å². The Morgan fingerprint density at radius 2 is 1.71 bits per heavy atom. The van der Waals surface area contributed by atoms with Crippen molar-refractivity contribution in [3.63, 3.8) is 0 Å². The Bertz CT molecular complexity index is 314. The van der Waals surface area contributed by atoms with Crippen LogP contribution in [0, 0.1) is 0 Å². The van der Waals surface area contributed by atoms with Crippen molar-refractivity contribution in [3.8, 4) is 0 Å². The molecule has 0 saturated carbocycles. The highest BCUT2D eigenvalue weighted by atomic mass is 127. The van der Waals surface area contributed by atoms with Crippen LogP contribution in [0.1, 0.15) is 26.7 Å². The third-order valence-corrected chi connectivity index (χ3v) is 7.98. The van der Waals surface area contributed by atoms with Gasteiger partial charge in [0, 0.05) is 18.0 Å². The maximum atomic E-state index is 12.0. The molecule has 0 aliphatic carbocycles. The van der Waals surface area contributed by atoms with Crippen molar-refractivity contribution in [2.45, 2.75) is 62.3 Å². The van der Waals surface area contributed by atoms with Gasteiger partial charge in [-0.3, -0.25) is 0 Å². The van der Waals surface area contributed by atoms with Gasteiger partial charge in [-0.25, -0.2) is 13.1 Å². The molecule has 17 heavy (non-hydrogen) atoms. The Hall–Kier alpha value is 0.857. The number of rotatable bonds is 8. The van der Waals surface area contributed by atoms with Gasteiger partial charge in [-0.15, -0.1) is 0 Å². The van der Waals surface area contributed by atoms with Gasteiger partial charge in [-0.1, -0.05) is 56.1 Å². The highest BCUT2D eigenvalue weighted by molar-refractivity contribution is 14.1. The van der Waals surface area contributed by atoms with Gasteiger partial charge in [0.1, 0.15) is 0 Å². The first-order valence-corrected chi connectivity index (χ1v) is 12.9. The molecule has 0 unspecified atom stereocenters. The number of sulfonamides is 1. The molecule has 0 amide bonds. The zero-order valence-electron chi connectivity index (χ0n) is 11.6. The van der Waals surface area contributed by atoms with E-state index in [-0.39, 0.29) is 11.8 Å². The van der Waals surface area contributed by atoms with Crippen LogP contribution in [0.25, 0.3) is 0 Å². The van der Waals surface area contributed by atoms with Crippen LogP contribution >= 0.6 is 22.6 Å². The monoisotopic (exact) mass is 391 g/mol. The van der Waals surface area contributed by atoms with Crippen LogP contribution in [-0.4, -0.2) is 32.2 Å². The molecular weight excluding hydrogens is 365 g/mol. The highest BCUT2D eigenvalue weighted by Gasteiger charge is 2.24. The van der Waals surface area contributed by atoms with Gasteiger partial charge in [0.05, 0.1) is 5.75 Å². The van der Waals surface area contributed by atoms with E-state index in [0.717, 1.165) is 18.9 Å². The van der Waals surface area contributed by atoms with Gasteiger partial charge in [0.25, 0.3) is 0 Å². The predicted octanol–water partition coefficient (Wildman–Crippen LogP) is 3.24. The van der Waals surface area contributed by atoms with E-state index in [4.69, 9.17) is 0 Å². The lowest BCUT2D eigenvalue weighted by Crippen LogP contribution is -2.42. The summed E-state index contributed by atoms with van der Waals surface area (Å²) in [5.41, 5.74) is 0. The summed E-state index contributed by atoms with van der Waals surface area (Å²) in [6.07, 6.45) is 1.85. The van der Waals surface area contributed by atoms with Gasteiger partial charge < -0.3 is 0 Å². The molecule has 0 aromatic heterocycles. The number of halogens is 1. The molecule has 0 fully saturated rings. The lowest BCUT2D eigenvalue weighted by molar-refractivity contribution is 0.529. The van der Waals surface area contributed by atoms with Crippen LogP contribution in [0.3, 0.4) is 0 Å². The number of alkyl halides is 1. The minimum absolute atomic E-state index is 0.0761. The van der Waals surface area contributed by atoms with Crippen LogP contribution in [-0.2, 0) is 10.0 Å². The minimum atomic E-state index is -3.10. The zero-order chi connectivity index (χ0) is 13.7. The van der Waals surface area contributed by atoms with E-state index in [2.05, 4.69) is 53.9 Å². The summed E-state index contributed by atoms with van der Waals surface area (Å²) >= 11 is 2.33. The van der Waals surface area contributed by atoms with Crippen LogP contribution in [0.4, 0.5) is 0 Å². The fourth-order valence-corrected chi connectivity index (χ4v) is 6.79. The summed E-state index contributed by atoms with van der Waals surface area (Å²) < 4.78 is 27.2. The number of hydrogen-bond donors (Lipinski definition) is 1. The Morgan fingerprint density at radius 1 is 1.18 bits per heavy atom. The van der Waals surface area contributed by atoms with Gasteiger partial charge in [0.15, 0.2) is 0 Å². The van der Waals surface area contributed by atoms with Gasteiger partial charge in [-0.2, -0.15) is 0 Å². The Balaban J connectivity index is 4.42. The third kappa shape index (κ3) is 8.55. The summed E-state index contributed by atoms with van der Waals surface area (Å²) in [7, 11) is -4.39. The second-order valence-corrected chi connectivity index (χ2v) is 14.8. The zero-order valence-corrected chi connectivity index (χ0v) is 15.6. The van der Waals surface area contributed by atoms with Gasteiger partial charge >= 0.3 is 0 Å². The summed E-state index contributed by atoms with van der Waals surface area (Å²) in [5, 5.41) is 0. The summed E-state index contributed by atoms with van der Waals surface area (Å²) in [4.78, 5) is 0. The Morgan fingerprint density at radius 3 is 2.06 bits per heavy atom. The maximum Gasteiger partial charge on any atom is 0.211 e. The fraction of sp³-hybridized carbons (Fsp3) is 1.00. The first kappa shape index (κ1) is 17.9. The number of nitrogens with one attached hydrogen (secondary N) is 1. The van der Waals surface area contributed by atoms with Crippen molar-refractivity contribution in [1.82, 2.24) is 4.72 Å². The summed E-state index contributed by atoms with van der Waals surface area (Å²) in [6, 6.07) is 0.906. The fourth-order valence-electron chi connectivity index (χ4n) is 1.43. The van der Waals surface area contributed by atoms with Crippen molar-refractivity contribution in [1.29, 1.82) is 0 Å². The standard InChI is InChI=1S/C11H26INO2SSi/c1-6-10(12)11(7-2)13-16(14,15)8-9-17(3,4)5/h10-11,13H,6-9H2,1-5H3/t10-,11-/m1/s1. The molecule has 0 aromatic rings. The molecule has 1 N–H and O–H groups in total. The molecule has 0 aromatic carbocycles. The van der Waals surface area contributed by atoms with Crippen LogP contribution < -0.4 is 4.72 Å². The Kier molecular flexibility index (Phi) is 7.82. The molecular formula is C11H26INO2SSi. The normalized spacial score (nSPS) is 16.8. The minimum Gasteiger partial charge on any atom is -0.212 e. The van der Waals surface area contributed by atoms with Crippen LogP contribution in [0.2, 0.25) is 25.7 Å². The lowest BCUT2D eigenvalue weighted by atomic mass is 10.1. The molecule has 3 nitrogen and oxygen atoms in total. The van der Waals surface area contributed by atoms with Crippen molar-refractivity contribution < 1.29 is 8.42 Å². The molecule has 0 aliphatic heterocycles. The Labute approximate surface area is 121 Å². The molecule has 0 heterocycles. The van der Waals surface area contributed by atoms with E-state index >= 15 is 0 Å².